The maximum Gasteiger partial charge on any atom is 0.303 e. The van der Waals surface area contributed by atoms with Crippen molar-refractivity contribution in [2.24, 2.45) is 0 Å². The SMILES string of the molecule is CCCC(CCCCCCCCCCCCCC(=O)O)c1ccccc1. The van der Waals surface area contributed by atoms with Gasteiger partial charge in [-0.1, -0.05) is 108 Å². The second-order valence-corrected chi connectivity index (χ2v) is 7.72. The van der Waals surface area contributed by atoms with Gasteiger partial charge in [0, 0.05) is 6.42 Å². The summed E-state index contributed by atoms with van der Waals surface area (Å²) in [6.07, 6.45) is 18.2. The Balaban J connectivity index is 1.93. The highest BCUT2D eigenvalue weighted by atomic mass is 16.4. The quantitative estimate of drug-likeness (QED) is 0.289. The molecule has 0 bridgehead atoms. The highest BCUT2D eigenvalue weighted by molar-refractivity contribution is 5.66. The first-order chi connectivity index (χ1) is 12.7. The van der Waals surface area contributed by atoms with Crippen LogP contribution in [0.25, 0.3) is 0 Å². The number of unbranched alkanes of at least 4 members (excludes halogenated alkanes) is 10. The molecule has 1 aromatic carbocycles. The van der Waals surface area contributed by atoms with Crippen LogP contribution in [0.1, 0.15) is 115 Å². The smallest absolute Gasteiger partial charge is 0.303 e. The summed E-state index contributed by atoms with van der Waals surface area (Å²) in [7, 11) is 0. The van der Waals surface area contributed by atoms with E-state index in [1.807, 2.05) is 0 Å². The van der Waals surface area contributed by atoms with E-state index >= 15 is 0 Å². The van der Waals surface area contributed by atoms with Gasteiger partial charge in [-0.15, -0.1) is 0 Å². The molecule has 1 unspecified atom stereocenters. The zero-order valence-electron chi connectivity index (χ0n) is 16.9. The van der Waals surface area contributed by atoms with E-state index in [-0.39, 0.29) is 0 Å². The van der Waals surface area contributed by atoms with Crippen LogP contribution < -0.4 is 0 Å². The van der Waals surface area contributed by atoms with Crippen molar-refractivity contribution in [3.63, 3.8) is 0 Å². The van der Waals surface area contributed by atoms with E-state index in [1.165, 1.54) is 82.6 Å². The van der Waals surface area contributed by atoms with Crippen LogP contribution in [0.15, 0.2) is 30.3 Å². The maximum absolute atomic E-state index is 10.4. The average molecular weight is 361 g/mol. The number of rotatable bonds is 17. The maximum atomic E-state index is 10.4. The zero-order chi connectivity index (χ0) is 18.9. The van der Waals surface area contributed by atoms with Gasteiger partial charge in [0.15, 0.2) is 0 Å². The van der Waals surface area contributed by atoms with E-state index in [4.69, 9.17) is 5.11 Å². The van der Waals surface area contributed by atoms with Gasteiger partial charge < -0.3 is 5.11 Å². The van der Waals surface area contributed by atoms with Crippen LogP contribution in [0, 0.1) is 0 Å². The Hall–Kier alpha value is -1.31. The minimum atomic E-state index is -0.658. The zero-order valence-corrected chi connectivity index (χ0v) is 16.9. The van der Waals surface area contributed by atoms with Gasteiger partial charge in [0.05, 0.1) is 0 Å². The Morgan fingerprint density at radius 1 is 0.769 bits per heavy atom. The predicted molar refractivity (Wildman–Crippen MR) is 112 cm³/mol. The summed E-state index contributed by atoms with van der Waals surface area (Å²) < 4.78 is 0. The lowest BCUT2D eigenvalue weighted by atomic mass is 9.89. The van der Waals surface area contributed by atoms with E-state index in [0.717, 1.165) is 18.8 Å². The minimum Gasteiger partial charge on any atom is -0.481 e. The number of hydrogen-bond donors (Lipinski definition) is 1. The third kappa shape index (κ3) is 12.1. The van der Waals surface area contributed by atoms with Crippen LogP contribution in [0.4, 0.5) is 0 Å². The lowest BCUT2D eigenvalue weighted by Crippen LogP contribution is -1.98. The molecule has 0 saturated carbocycles. The van der Waals surface area contributed by atoms with Crippen molar-refractivity contribution in [2.45, 2.75) is 109 Å². The first-order valence-electron chi connectivity index (χ1n) is 11.0. The molecule has 148 valence electrons. The molecule has 0 spiro atoms. The number of benzene rings is 1. The second-order valence-electron chi connectivity index (χ2n) is 7.72. The first kappa shape index (κ1) is 22.7. The van der Waals surface area contributed by atoms with Gasteiger partial charge in [0.2, 0.25) is 0 Å². The third-order valence-corrected chi connectivity index (χ3v) is 5.35. The van der Waals surface area contributed by atoms with Crippen molar-refractivity contribution in [1.29, 1.82) is 0 Å². The highest BCUT2D eigenvalue weighted by Gasteiger charge is 2.09. The van der Waals surface area contributed by atoms with Crippen molar-refractivity contribution in [3.8, 4) is 0 Å². The number of carboxylic acid groups (broad SMARTS) is 1. The fraction of sp³-hybridized carbons (Fsp3) is 0.708. The summed E-state index contributed by atoms with van der Waals surface area (Å²) in [5.41, 5.74) is 1.53. The Morgan fingerprint density at radius 2 is 1.27 bits per heavy atom. The Labute approximate surface area is 161 Å². The molecule has 0 aliphatic rings. The van der Waals surface area contributed by atoms with Gasteiger partial charge in [0.1, 0.15) is 0 Å². The fourth-order valence-electron chi connectivity index (χ4n) is 3.81. The summed E-state index contributed by atoms with van der Waals surface area (Å²) in [6.45, 7) is 2.29. The Kier molecular flexibility index (Phi) is 13.9. The Bertz CT molecular complexity index is 441. The lowest BCUT2D eigenvalue weighted by molar-refractivity contribution is -0.137. The second kappa shape index (κ2) is 15.9. The van der Waals surface area contributed by atoms with Gasteiger partial charge in [-0.25, -0.2) is 0 Å². The topological polar surface area (TPSA) is 37.3 Å². The van der Waals surface area contributed by atoms with Crippen LogP contribution in [0.5, 0.6) is 0 Å². The molecule has 0 fully saturated rings. The van der Waals surface area contributed by atoms with Gasteiger partial charge in [0.25, 0.3) is 0 Å². The van der Waals surface area contributed by atoms with Gasteiger partial charge in [-0.05, 0) is 30.7 Å². The molecule has 0 heterocycles. The normalized spacial score (nSPS) is 12.2. The molecule has 2 heteroatoms. The lowest BCUT2D eigenvalue weighted by Gasteiger charge is -2.16. The molecule has 2 nitrogen and oxygen atoms in total. The standard InChI is InChI=1S/C24H40O2/c1-2-17-22(23-19-14-12-15-20-23)18-13-10-8-6-4-3-5-7-9-11-16-21-24(25)26/h12,14-15,19-20,22H,2-11,13,16-18,21H2,1H3,(H,25,26). The van der Waals surface area contributed by atoms with E-state index in [9.17, 15) is 4.79 Å². The van der Waals surface area contributed by atoms with Gasteiger partial charge >= 0.3 is 5.97 Å². The van der Waals surface area contributed by atoms with Crippen molar-refractivity contribution in [2.75, 3.05) is 0 Å². The molecule has 0 aromatic heterocycles. The van der Waals surface area contributed by atoms with E-state index in [2.05, 4.69) is 37.3 Å². The summed E-state index contributed by atoms with van der Waals surface area (Å²) >= 11 is 0. The molecule has 1 rings (SSSR count). The molecule has 0 amide bonds. The largest absolute Gasteiger partial charge is 0.481 e. The fourth-order valence-corrected chi connectivity index (χ4v) is 3.81. The molecule has 0 saturated heterocycles. The average Bonchev–Trinajstić information content (AvgIpc) is 2.65. The number of carboxylic acids is 1. The van der Waals surface area contributed by atoms with Crippen molar-refractivity contribution in [1.82, 2.24) is 0 Å². The van der Waals surface area contributed by atoms with Crippen molar-refractivity contribution >= 4 is 5.97 Å². The minimum absolute atomic E-state index is 0.337. The molecule has 0 aliphatic heterocycles. The van der Waals surface area contributed by atoms with E-state index in [1.54, 1.807) is 0 Å². The summed E-state index contributed by atoms with van der Waals surface area (Å²) in [4.78, 5) is 10.4. The number of carbonyl (C=O) groups is 1. The van der Waals surface area contributed by atoms with Crippen molar-refractivity contribution in [3.05, 3.63) is 35.9 Å². The van der Waals surface area contributed by atoms with Crippen LogP contribution in [-0.2, 0) is 4.79 Å². The Morgan fingerprint density at radius 3 is 1.77 bits per heavy atom. The summed E-state index contributed by atoms with van der Waals surface area (Å²) in [5.74, 6) is 0.0945. The molecule has 0 radical (unpaired) electrons. The molecule has 1 aromatic rings. The first-order valence-corrected chi connectivity index (χ1v) is 11.0. The van der Waals surface area contributed by atoms with Crippen LogP contribution in [0.2, 0.25) is 0 Å². The third-order valence-electron chi connectivity index (χ3n) is 5.35. The van der Waals surface area contributed by atoms with Crippen LogP contribution in [0.3, 0.4) is 0 Å². The molecular formula is C24H40O2. The predicted octanol–water partition coefficient (Wildman–Crippen LogP) is 7.73. The molecule has 1 atom stereocenters. The van der Waals surface area contributed by atoms with Gasteiger partial charge in [-0.2, -0.15) is 0 Å². The molecular weight excluding hydrogens is 320 g/mol. The highest BCUT2D eigenvalue weighted by Crippen LogP contribution is 2.27. The monoisotopic (exact) mass is 360 g/mol. The number of aliphatic carboxylic acids is 1. The van der Waals surface area contributed by atoms with E-state index < -0.39 is 5.97 Å². The summed E-state index contributed by atoms with van der Waals surface area (Å²) in [5, 5.41) is 8.59. The summed E-state index contributed by atoms with van der Waals surface area (Å²) in [6, 6.07) is 11.0. The molecule has 1 N–H and O–H groups in total. The van der Waals surface area contributed by atoms with Crippen LogP contribution in [-0.4, -0.2) is 11.1 Å². The molecule has 0 aliphatic carbocycles. The van der Waals surface area contributed by atoms with E-state index in [0.29, 0.717) is 6.42 Å². The van der Waals surface area contributed by atoms with Crippen molar-refractivity contribution < 1.29 is 9.90 Å². The van der Waals surface area contributed by atoms with Gasteiger partial charge in [-0.3, -0.25) is 4.79 Å². The van der Waals surface area contributed by atoms with Crippen LogP contribution >= 0.6 is 0 Å². The number of hydrogen-bond acceptors (Lipinski definition) is 1. The molecule has 26 heavy (non-hydrogen) atoms.